The molecular formula is C19H24ClN7O3. The van der Waals surface area contributed by atoms with Crippen molar-refractivity contribution in [2.24, 2.45) is 5.41 Å². The lowest BCUT2D eigenvalue weighted by atomic mass is 9.96. The number of amides is 1. The van der Waals surface area contributed by atoms with Crippen LogP contribution >= 0.6 is 12.4 Å². The van der Waals surface area contributed by atoms with Crippen LogP contribution in [0.2, 0.25) is 0 Å². The summed E-state index contributed by atoms with van der Waals surface area (Å²) in [5, 5.41) is 18.0. The van der Waals surface area contributed by atoms with Gasteiger partial charge in [0.15, 0.2) is 5.56 Å². The van der Waals surface area contributed by atoms with E-state index in [-0.39, 0.29) is 41.1 Å². The van der Waals surface area contributed by atoms with Gasteiger partial charge in [0.2, 0.25) is 5.88 Å². The van der Waals surface area contributed by atoms with Crippen LogP contribution in [0, 0.1) is 5.41 Å². The summed E-state index contributed by atoms with van der Waals surface area (Å²) in [4.78, 5) is 33.9. The van der Waals surface area contributed by atoms with Gasteiger partial charge in [0, 0.05) is 18.7 Å². The van der Waals surface area contributed by atoms with Crippen molar-refractivity contribution in [1.29, 1.82) is 0 Å². The Morgan fingerprint density at radius 1 is 1.30 bits per heavy atom. The van der Waals surface area contributed by atoms with Gasteiger partial charge in [-0.15, -0.1) is 12.4 Å². The molecule has 160 valence electrons. The first-order valence-corrected chi connectivity index (χ1v) is 9.38. The number of carbonyl (C=O) groups excluding carboxylic acids is 1. The number of nitrogens with zero attached hydrogens (tertiary/aromatic N) is 5. The van der Waals surface area contributed by atoms with Gasteiger partial charge < -0.3 is 16.2 Å². The van der Waals surface area contributed by atoms with Crippen LogP contribution < -0.4 is 16.6 Å². The first-order chi connectivity index (χ1) is 13.6. The molecule has 1 saturated carbocycles. The molecule has 0 spiro atoms. The van der Waals surface area contributed by atoms with Gasteiger partial charge >= 0.3 is 0 Å². The van der Waals surface area contributed by atoms with Crippen LogP contribution in [0.5, 0.6) is 5.88 Å². The second kappa shape index (κ2) is 7.60. The summed E-state index contributed by atoms with van der Waals surface area (Å²) < 4.78 is 2.65. The first kappa shape index (κ1) is 21.6. The number of aromatic hydroxyl groups is 1. The van der Waals surface area contributed by atoms with Crippen molar-refractivity contribution in [1.82, 2.24) is 29.5 Å². The molecular weight excluding hydrogens is 410 g/mol. The van der Waals surface area contributed by atoms with E-state index in [9.17, 15) is 14.7 Å². The fourth-order valence-electron chi connectivity index (χ4n) is 3.10. The monoisotopic (exact) mass is 433 g/mol. The second-order valence-corrected chi connectivity index (χ2v) is 8.53. The van der Waals surface area contributed by atoms with Gasteiger partial charge in [-0.2, -0.15) is 9.61 Å². The van der Waals surface area contributed by atoms with Gasteiger partial charge in [0.25, 0.3) is 11.5 Å². The number of aromatic nitrogens is 5. The standard InChI is InChI=1S/C19H23N7O3.ClH/c1-19(2,3)9-25-14-6-11(12-7-21-8-13(20)23-12)24-26(14)18(29)15(17(25)28)16(27)22-10-4-5-10;/h6-8,10,28H,4-5,9H2,1-3H3,(H2,20,23)(H,22,27);1H. The Kier molecular flexibility index (Phi) is 5.46. The molecule has 3 aromatic heterocycles. The maximum absolute atomic E-state index is 13.0. The Bertz CT molecular complexity index is 1180. The molecule has 3 aromatic rings. The Labute approximate surface area is 178 Å². The quantitative estimate of drug-likeness (QED) is 0.567. The van der Waals surface area contributed by atoms with Crippen LogP contribution in [0.15, 0.2) is 23.3 Å². The highest BCUT2D eigenvalue weighted by Gasteiger charge is 2.30. The van der Waals surface area contributed by atoms with Gasteiger partial charge in [-0.3, -0.25) is 19.1 Å². The van der Waals surface area contributed by atoms with Crippen LogP contribution in [0.25, 0.3) is 17.0 Å². The van der Waals surface area contributed by atoms with E-state index in [4.69, 9.17) is 5.73 Å². The smallest absolute Gasteiger partial charge is 0.291 e. The maximum Gasteiger partial charge on any atom is 0.291 e. The van der Waals surface area contributed by atoms with Crippen molar-refractivity contribution in [3.8, 4) is 17.3 Å². The summed E-state index contributed by atoms with van der Waals surface area (Å²) in [7, 11) is 0. The topological polar surface area (TPSA) is 140 Å². The van der Waals surface area contributed by atoms with E-state index in [0.29, 0.717) is 23.6 Å². The maximum atomic E-state index is 13.0. The zero-order chi connectivity index (χ0) is 20.9. The molecule has 10 nitrogen and oxygen atoms in total. The number of nitrogens with two attached hydrogens (primary N) is 1. The molecule has 0 aromatic carbocycles. The van der Waals surface area contributed by atoms with Crippen molar-refractivity contribution < 1.29 is 9.90 Å². The Balaban J connectivity index is 0.00000256. The van der Waals surface area contributed by atoms with E-state index >= 15 is 0 Å². The number of hydrogen-bond donors (Lipinski definition) is 3. The number of nitrogens with one attached hydrogen (secondary N) is 1. The average Bonchev–Trinajstić information content (AvgIpc) is 3.31. The zero-order valence-corrected chi connectivity index (χ0v) is 17.7. The van der Waals surface area contributed by atoms with Crippen molar-refractivity contribution in [3.05, 3.63) is 34.4 Å². The third-order valence-electron chi connectivity index (χ3n) is 4.54. The van der Waals surface area contributed by atoms with Crippen molar-refractivity contribution in [2.45, 2.75) is 46.2 Å². The Morgan fingerprint density at radius 2 is 2.00 bits per heavy atom. The van der Waals surface area contributed by atoms with Crippen molar-refractivity contribution in [3.63, 3.8) is 0 Å². The van der Waals surface area contributed by atoms with E-state index < -0.39 is 11.5 Å². The van der Waals surface area contributed by atoms with Crippen molar-refractivity contribution in [2.75, 3.05) is 5.73 Å². The number of halogens is 1. The average molecular weight is 434 g/mol. The predicted octanol–water partition coefficient (Wildman–Crippen LogP) is 1.60. The van der Waals surface area contributed by atoms with E-state index in [0.717, 1.165) is 17.4 Å². The molecule has 4 N–H and O–H groups in total. The van der Waals surface area contributed by atoms with E-state index in [2.05, 4.69) is 20.4 Å². The molecule has 1 aliphatic rings. The van der Waals surface area contributed by atoms with Crippen LogP contribution in [0.4, 0.5) is 5.82 Å². The molecule has 30 heavy (non-hydrogen) atoms. The predicted molar refractivity (Wildman–Crippen MR) is 114 cm³/mol. The molecule has 4 rings (SSSR count). The molecule has 1 aliphatic carbocycles. The molecule has 0 atom stereocenters. The van der Waals surface area contributed by atoms with Crippen LogP contribution in [0.1, 0.15) is 44.0 Å². The Morgan fingerprint density at radius 3 is 2.60 bits per heavy atom. The number of hydrogen-bond acceptors (Lipinski definition) is 7. The summed E-state index contributed by atoms with van der Waals surface area (Å²) in [6.07, 6.45) is 4.62. The van der Waals surface area contributed by atoms with Gasteiger partial charge in [-0.25, -0.2) is 4.98 Å². The van der Waals surface area contributed by atoms with Crippen LogP contribution in [-0.2, 0) is 6.54 Å². The third-order valence-corrected chi connectivity index (χ3v) is 4.54. The molecule has 11 heteroatoms. The molecule has 0 aliphatic heterocycles. The highest BCUT2D eigenvalue weighted by Crippen LogP contribution is 2.27. The number of nitrogen functional groups attached to an aromatic ring is 1. The minimum Gasteiger partial charge on any atom is -0.494 e. The number of carbonyl (C=O) groups is 1. The summed E-state index contributed by atoms with van der Waals surface area (Å²) in [5.74, 6) is -0.752. The summed E-state index contributed by atoms with van der Waals surface area (Å²) in [6.45, 7) is 6.34. The molecule has 0 bridgehead atoms. The van der Waals surface area contributed by atoms with Crippen LogP contribution in [0.3, 0.4) is 0 Å². The molecule has 1 amide bonds. The van der Waals surface area contributed by atoms with Crippen LogP contribution in [-0.4, -0.2) is 41.2 Å². The highest BCUT2D eigenvalue weighted by molar-refractivity contribution is 5.96. The normalized spacial score (nSPS) is 13.8. The van der Waals surface area contributed by atoms with Crippen molar-refractivity contribution >= 4 is 29.8 Å². The fourth-order valence-corrected chi connectivity index (χ4v) is 3.10. The fraction of sp³-hybridized carbons (Fsp3) is 0.421. The first-order valence-electron chi connectivity index (χ1n) is 9.38. The SMILES string of the molecule is CC(C)(C)Cn1c(O)c(C(=O)NC2CC2)c(=O)n2nc(-c3cncc(N)n3)cc12.Cl. The Hall–Kier alpha value is -3.14. The van der Waals surface area contributed by atoms with E-state index in [1.165, 1.54) is 17.0 Å². The third kappa shape index (κ3) is 4.09. The number of anilines is 1. The number of fused-ring (bicyclic) bond motifs is 1. The van der Waals surface area contributed by atoms with Gasteiger partial charge in [0.1, 0.15) is 22.9 Å². The minimum atomic E-state index is -0.691. The summed E-state index contributed by atoms with van der Waals surface area (Å²) in [6, 6.07) is 1.67. The second-order valence-electron chi connectivity index (χ2n) is 8.53. The van der Waals surface area contributed by atoms with Gasteiger partial charge in [0.05, 0.1) is 12.4 Å². The molecule has 3 heterocycles. The lowest BCUT2D eigenvalue weighted by molar-refractivity contribution is 0.0944. The molecule has 0 radical (unpaired) electrons. The summed E-state index contributed by atoms with van der Waals surface area (Å²) >= 11 is 0. The van der Waals surface area contributed by atoms with E-state index in [1.54, 1.807) is 6.07 Å². The lowest BCUT2D eigenvalue weighted by Crippen LogP contribution is -2.35. The molecule has 1 fully saturated rings. The largest absolute Gasteiger partial charge is 0.494 e. The van der Waals surface area contributed by atoms with E-state index in [1.807, 2.05) is 20.8 Å². The lowest BCUT2D eigenvalue weighted by Gasteiger charge is -2.23. The minimum absolute atomic E-state index is 0. The van der Waals surface area contributed by atoms with Gasteiger partial charge in [-0.05, 0) is 18.3 Å². The zero-order valence-electron chi connectivity index (χ0n) is 16.9. The number of rotatable bonds is 4. The highest BCUT2D eigenvalue weighted by atomic mass is 35.5. The van der Waals surface area contributed by atoms with Gasteiger partial charge in [-0.1, -0.05) is 20.8 Å². The molecule has 0 unspecified atom stereocenters. The molecule has 0 saturated heterocycles. The summed E-state index contributed by atoms with van der Waals surface area (Å²) in [5.41, 5.74) is 5.56.